The fraction of sp³-hybridized carbons (Fsp3) is 0.556. The molecular formula is C9H11F2IN2O2. The summed E-state index contributed by atoms with van der Waals surface area (Å²) in [5, 5.41) is 12.8. The van der Waals surface area contributed by atoms with Gasteiger partial charge in [-0.25, -0.2) is 18.3 Å². The van der Waals surface area contributed by atoms with E-state index >= 15 is 0 Å². The van der Waals surface area contributed by atoms with Gasteiger partial charge < -0.3 is 5.11 Å². The molecule has 0 aliphatic carbocycles. The fourth-order valence-electron chi connectivity index (χ4n) is 1.43. The minimum absolute atomic E-state index is 0.215. The molecule has 1 N–H and O–H groups in total. The van der Waals surface area contributed by atoms with Crippen molar-refractivity contribution >= 4 is 28.6 Å². The maximum Gasteiger partial charge on any atom is 0.328 e. The van der Waals surface area contributed by atoms with Crippen LogP contribution in [0.4, 0.5) is 8.78 Å². The number of hydrogen-bond acceptors (Lipinski definition) is 2. The summed E-state index contributed by atoms with van der Waals surface area (Å²) < 4.78 is 26.9. The number of carboxylic acids is 1. The van der Waals surface area contributed by atoms with Gasteiger partial charge >= 0.3 is 5.97 Å². The van der Waals surface area contributed by atoms with Crippen molar-refractivity contribution in [1.29, 1.82) is 0 Å². The van der Waals surface area contributed by atoms with Gasteiger partial charge in [0.05, 0.1) is 9.26 Å². The number of alkyl halides is 2. The third-order valence-corrected chi connectivity index (χ3v) is 3.55. The number of carbonyl (C=O) groups is 1. The number of aromatic nitrogens is 2. The molecule has 1 atom stereocenters. The van der Waals surface area contributed by atoms with Crippen molar-refractivity contribution < 1.29 is 18.7 Å². The van der Waals surface area contributed by atoms with Gasteiger partial charge in [0, 0.05) is 0 Å². The Hall–Kier alpha value is -0.730. The first-order chi connectivity index (χ1) is 7.40. The van der Waals surface area contributed by atoms with E-state index in [9.17, 15) is 13.6 Å². The Morgan fingerprint density at radius 1 is 1.62 bits per heavy atom. The lowest BCUT2D eigenvalue weighted by Gasteiger charge is -2.13. The first kappa shape index (κ1) is 13.3. The molecule has 1 unspecified atom stereocenters. The number of halogens is 3. The van der Waals surface area contributed by atoms with Crippen LogP contribution in [0.15, 0.2) is 0 Å². The van der Waals surface area contributed by atoms with Crippen LogP contribution in [0, 0.1) is 10.5 Å². The second-order valence-electron chi connectivity index (χ2n) is 3.29. The van der Waals surface area contributed by atoms with Gasteiger partial charge in [0.2, 0.25) is 0 Å². The van der Waals surface area contributed by atoms with Crippen molar-refractivity contribution in [3.63, 3.8) is 0 Å². The number of carboxylic acid groups (broad SMARTS) is 1. The summed E-state index contributed by atoms with van der Waals surface area (Å²) in [7, 11) is 0. The van der Waals surface area contributed by atoms with Crippen LogP contribution in [-0.4, -0.2) is 20.9 Å². The zero-order valence-corrected chi connectivity index (χ0v) is 10.9. The summed E-state index contributed by atoms with van der Waals surface area (Å²) in [4.78, 5) is 10.9. The Kier molecular flexibility index (Phi) is 4.22. The molecule has 1 rings (SSSR count). The van der Waals surface area contributed by atoms with Gasteiger partial charge in [-0.3, -0.25) is 0 Å². The number of aryl methyl sites for hydroxylation is 1. The Labute approximate surface area is 105 Å². The molecule has 0 fully saturated rings. The minimum Gasteiger partial charge on any atom is -0.480 e. The summed E-state index contributed by atoms with van der Waals surface area (Å²) in [6.45, 7) is 3.20. The number of nitrogens with zero attached hydrogens (tertiary/aromatic N) is 2. The van der Waals surface area contributed by atoms with E-state index in [0.29, 0.717) is 9.26 Å². The Morgan fingerprint density at radius 2 is 2.19 bits per heavy atom. The van der Waals surface area contributed by atoms with E-state index in [0.717, 1.165) is 4.68 Å². The van der Waals surface area contributed by atoms with Gasteiger partial charge in [-0.1, -0.05) is 6.92 Å². The first-order valence-corrected chi connectivity index (χ1v) is 5.73. The van der Waals surface area contributed by atoms with E-state index in [-0.39, 0.29) is 12.1 Å². The molecule has 0 bridgehead atoms. The monoisotopic (exact) mass is 344 g/mol. The van der Waals surface area contributed by atoms with Crippen molar-refractivity contribution in [2.45, 2.75) is 32.7 Å². The van der Waals surface area contributed by atoms with Crippen LogP contribution in [0.25, 0.3) is 0 Å². The summed E-state index contributed by atoms with van der Waals surface area (Å²) in [6, 6.07) is -1.04. The van der Waals surface area contributed by atoms with Gasteiger partial charge in [-0.2, -0.15) is 5.10 Å². The van der Waals surface area contributed by atoms with Gasteiger partial charge in [-0.15, -0.1) is 0 Å². The molecule has 1 aromatic rings. The second kappa shape index (κ2) is 5.07. The van der Waals surface area contributed by atoms with E-state index in [4.69, 9.17) is 5.11 Å². The SMILES string of the molecule is CCC(C(=O)O)n1nc(C)c(I)c1C(F)F. The molecule has 90 valence electrons. The number of rotatable bonds is 4. The van der Waals surface area contributed by atoms with Gasteiger partial charge in [0.15, 0.2) is 0 Å². The summed E-state index contributed by atoms with van der Waals surface area (Å²) in [5.74, 6) is -1.15. The van der Waals surface area contributed by atoms with E-state index in [1.54, 1.807) is 36.4 Å². The van der Waals surface area contributed by atoms with Crippen LogP contribution in [0.1, 0.15) is 37.2 Å². The average molecular weight is 344 g/mol. The average Bonchev–Trinajstić information content (AvgIpc) is 2.43. The minimum atomic E-state index is -2.72. The van der Waals surface area contributed by atoms with Crippen LogP contribution < -0.4 is 0 Å². The lowest BCUT2D eigenvalue weighted by Crippen LogP contribution is -2.21. The molecule has 0 amide bonds. The zero-order chi connectivity index (χ0) is 12.5. The van der Waals surface area contributed by atoms with E-state index < -0.39 is 18.4 Å². The summed E-state index contributed by atoms with van der Waals surface area (Å²) in [5.41, 5.74) is 0.114. The Balaban J connectivity index is 3.32. The topological polar surface area (TPSA) is 55.1 Å². The zero-order valence-electron chi connectivity index (χ0n) is 8.75. The van der Waals surface area contributed by atoms with Crippen molar-refractivity contribution in [3.05, 3.63) is 15.0 Å². The van der Waals surface area contributed by atoms with Crippen molar-refractivity contribution in [2.24, 2.45) is 0 Å². The molecule has 16 heavy (non-hydrogen) atoms. The van der Waals surface area contributed by atoms with Gasteiger partial charge in [-0.05, 0) is 35.9 Å². The third kappa shape index (κ3) is 2.33. The standard InChI is InChI=1S/C9H11F2IN2O2/c1-3-5(9(15)16)14-7(8(10)11)6(12)4(2)13-14/h5,8H,3H2,1-2H3,(H,15,16). The Morgan fingerprint density at radius 3 is 2.56 bits per heavy atom. The normalized spacial score (nSPS) is 13.1. The van der Waals surface area contributed by atoms with E-state index in [1.165, 1.54) is 0 Å². The Bertz CT molecular complexity index is 406. The second-order valence-corrected chi connectivity index (χ2v) is 4.37. The highest BCUT2D eigenvalue weighted by Gasteiger charge is 2.28. The predicted molar refractivity (Wildman–Crippen MR) is 61.6 cm³/mol. The molecule has 1 heterocycles. The molecular weight excluding hydrogens is 333 g/mol. The highest BCUT2D eigenvalue weighted by atomic mass is 127. The van der Waals surface area contributed by atoms with Crippen molar-refractivity contribution in [3.8, 4) is 0 Å². The third-order valence-electron chi connectivity index (χ3n) is 2.22. The molecule has 1 aromatic heterocycles. The van der Waals surface area contributed by atoms with Gasteiger partial charge in [0.1, 0.15) is 11.7 Å². The molecule has 7 heteroatoms. The van der Waals surface area contributed by atoms with E-state index in [2.05, 4.69) is 5.10 Å². The molecule has 4 nitrogen and oxygen atoms in total. The highest BCUT2D eigenvalue weighted by Crippen LogP contribution is 2.29. The highest BCUT2D eigenvalue weighted by molar-refractivity contribution is 14.1. The molecule has 0 aliphatic rings. The predicted octanol–water partition coefficient (Wildman–Crippen LogP) is 2.77. The summed E-state index contributed by atoms with van der Waals surface area (Å²) in [6.07, 6.45) is -2.51. The molecule has 0 aromatic carbocycles. The van der Waals surface area contributed by atoms with E-state index in [1.807, 2.05) is 0 Å². The summed E-state index contributed by atoms with van der Waals surface area (Å²) >= 11 is 1.76. The largest absolute Gasteiger partial charge is 0.480 e. The number of aliphatic carboxylic acids is 1. The van der Waals surface area contributed by atoms with Crippen LogP contribution in [0.2, 0.25) is 0 Å². The first-order valence-electron chi connectivity index (χ1n) is 4.65. The van der Waals surface area contributed by atoms with Crippen LogP contribution in [0.3, 0.4) is 0 Å². The van der Waals surface area contributed by atoms with Crippen LogP contribution in [0.5, 0.6) is 0 Å². The lowest BCUT2D eigenvalue weighted by atomic mass is 10.2. The van der Waals surface area contributed by atoms with Crippen LogP contribution >= 0.6 is 22.6 Å². The lowest BCUT2D eigenvalue weighted by molar-refractivity contribution is -0.141. The fourth-order valence-corrected chi connectivity index (χ4v) is 2.02. The van der Waals surface area contributed by atoms with Crippen LogP contribution in [-0.2, 0) is 4.79 Å². The quantitative estimate of drug-likeness (QED) is 0.855. The maximum atomic E-state index is 12.8. The molecule has 0 saturated heterocycles. The molecule has 0 aliphatic heterocycles. The molecule has 0 spiro atoms. The molecule has 0 saturated carbocycles. The van der Waals surface area contributed by atoms with Crippen molar-refractivity contribution in [2.75, 3.05) is 0 Å². The maximum absolute atomic E-state index is 12.8. The number of hydrogen-bond donors (Lipinski definition) is 1. The van der Waals surface area contributed by atoms with Gasteiger partial charge in [0.25, 0.3) is 6.43 Å². The van der Waals surface area contributed by atoms with Crippen molar-refractivity contribution in [1.82, 2.24) is 9.78 Å². The molecule has 0 radical (unpaired) electrons. The smallest absolute Gasteiger partial charge is 0.328 e.